The van der Waals surface area contributed by atoms with E-state index in [4.69, 9.17) is 11.6 Å². The summed E-state index contributed by atoms with van der Waals surface area (Å²) in [4.78, 5) is 27.5. The van der Waals surface area contributed by atoms with Crippen LogP contribution in [0, 0.1) is 0 Å². The van der Waals surface area contributed by atoms with Crippen LogP contribution in [0.3, 0.4) is 0 Å². The molecule has 0 unspecified atom stereocenters. The molecule has 1 aliphatic heterocycles. The van der Waals surface area contributed by atoms with Gasteiger partial charge in [0, 0.05) is 43.3 Å². The molecule has 0 atom stereocenters. The molecule has 3 aromatic heterocycles. The van der Waals surface area contributed by atoms with Crippen molar-refractivity contribution in [3.63, 3.8) is 0 Å². The summed E-state index contributed by atoms with van der Waals surface area (Å²) in [6, 6.07) is 14.1. The van der Waals surface area contributed by atoms with Crippen LogP contribution in [0.4, 0.5) is 10.7 Å². The number of carbonyl (C=O) groups excluding carboxylic acids is 1. The van der Waals surface area contributed by atoms with Gasteiger partial charge in [0.1, 0.15) is 5.15 Å². The zero-order valence-corrected chi connectivity index (χ0v) is 18.1. The minimum Gasteiger partial charge on any atom is -0.352 e. The van der Waals surface area contributed by atoms with Crippen LogP contribution in [0.25, 0.3) is 31.8 Å². The minimum atomic E-state index is -0.0203. The molecule has 1 saturated heterocycles. The first-order chi connectivity index (χ1) is 15.2. The highest BCUT2D eigenvalue weighted by Crippen LogP contribution is 2.39. The van der Waals surface area contributed by atoms with Crippen LogP contribution < -0.4 is 10.6 Å². The molecule has 0 bridgehead atoms. The Morgan fingerprint density at radius 2 is 2.06 bits per heavy atom. The van der Waals surface area contributed by atoms with Crippen molar-refractivity contribution in [1.82, 2.24) is 25.2 Å². The van der Waals surface area contributed by atoms with Crippen molar-refractivity contribution in [2.45, 2.75) is 0 Å². The highest BCUT2D eigenvalue weighted by Gasteiger charge is 2.18. The molecule has 0 radical (unpaired) electrons. The zero-order valence-electron chi connectivity index (χ0n) is 16.5. The third kappa shape index (κ3) is 4.17. The fourth-order valence-corrected chi connectivity index (χ4v) is 4.93. The van der Waals surface area contributed by atoms with E-state index in [2.05, 4.69) is 43.8 Å². The maximum absolute atomic E-state index is 11.6. The first-order valence-corrected chi connectivity index (χ1v) is 11.1. The summed E-state index contributed by atoms with van der Waals surface area (Å²) in [5.74, 6) is 0.552. The maximum Gasteiger partial charge on any atom is 0.317 e. The largest absolute Gasteiger partial charge is 0.352 e. The van der Waals surface area contributed by atoms with Crippen LogP contribution in [-0.2, 0) is 0 Å². The SMILES string of the molecule is O=C1NCCN1CCNc1nccc(-c2cc3cccc(-c4ccnc(Cl)c4)c3s2)n1. The predicted molar refractivity (Wildman–Crippen MR) is 125 cm³/mol. The first kappa shape index (κ1) is 19.7. The van der Waals surface area contributed by atoms with Gasteiger partial charge in [-0.05, 0) is 40.8 Å². The Bertz CT molecular complexity index is 1260. The Balaban J connectivity index is 1.39. The number of hydrogen-bond donors (Lipinski definition) is 2. The van der Waals surface area contributed by atoms with E-state index in [0.717, 1.165) is 33.6 Å². The van der Waals surface area contributed by atoms with Crippen molar-refractivity contribution in [2.75, 3.05) is 31.5 Å². The van der Waals surface area contributed by atoms with E-state index < -0.39 is 0 Å². The molecule has 31 heavy (non-hydrogen) atoms. The number of aromatic nitrogens is 3. The van der Waals surface area contributed by atoms with Gasteiger partial charge in [-0.3, -0.25) is 0 Å². The van der Waals surface area contributed by atoms with Crippen molar-refractivity contribution < 1.29 is 4.79 Å². The van der Waals surface area contributed by atoms with Gasteiger partial charge in [-0.2, -0.15) is 0 Å². The van der Waals surface area contributed by atoms with Crippen LogP contribution in [0.2, 0.25) is 5.15 Å². The summed E-state index contributed by atoms with van der Waals surface area (Å²) in [6.45, 7) is 2.63. The molecular formula is C22H19ClN6OS. The highest BCUT2D eigenvalue weighted by atomic mass is 35.5. The summed E-state index contributed by atoms with van der Waals surface area (Å²) < 4.78 is 1.17. The summed E-state index contributed by atoms with van der Waals surface area (Å²) in [5, 5.41) is 7.65. The lowest BCUT2D eigenvalue weighted by molar-refractivity contribution is 0.219. The molecule has 0 aliphatic carbocycles. The van der Waals surface area contributed by atoms with Gasteiger partial charge >= 0.3 is 6.03 Å². The lowest BCUT2D eigenvalue weighted by atomic mass is 10.1. The number of urea groups is 1. The van der Waals surface area contributed by atoms with Gasteiger partial charge < -0.3 is 15.5 Å². The predicted octanol–water partition coefficient (Wildman–Crippen LogP) is 4.51. The van der Waals surface area contributed by atoms with E-state index in [1.54, 1.807) is 28.6 Å². The third-order valence-corrected chi connectivity index (χ3v) is 6.51. The monoisotopic (exact) mass is 450 g/mol. The Labute approximate surface area is 188 Å². The van der Waals surface area contributed by atoms with E-state index in [9.17, 15) is 4.79 Å². The summed E-state index contributed by atoms with van der Waals surface area (Å²) in [6.07, 6.45) is 3.47. The molecule has 2 N–H and O–H groups in total. The second-order valence-corrected chi connectivity index (χ2v) is 8.55. The number of rotatable bonds is 6. The summed E-state index contributed by atoms with van der Waals surface area (Å²) in [5.41, 5.74) is 3.01. The number of nitrogens with zero attached hydrogens (tertiary/aromatic N) is 4. The van der Waals surface area contributed by atoms with Gasteiger partial charge in [0.05, 0.1) is 10.6 Å². The Hall–Kier alpha value is -3.23. The van der Waals surface area contributed by atoms with Crippen LogP contribution in [0.5, 0.6) is 0 Å². The zero-order chi connectivity index (χ0) is 21.2. The Kier molecular flexibility index (Phi) is 5.40. The molecule has 7 nitrogen and oxygen atoms in total. The molecule has 156 valence electrons. The van der Waals surface area contributed by atoms with Crippen molar-refractivity contribution in [3.05, 3.63) is 60.0 Å². The Morgan fingerprint density at radius 1 is 1.16 bits per heavy atom. The van der Waals surface area contributed by atoms with E-state index in [0.29, 0.717) is 30.7 Å². The quantitative estimate of drug-likeness (QED) is 0.422. The minimum absolute atomic E-state index is 0.0203. The van der Waals surface area contributed by atoms with Gasteiger partial charge in [0.25, 0.3) is 0 Å². The first-order valence-electron chi connectivity index (χ1n) is 9.92. The van der Waals surface area contributed by atoms with E-state index in [1.165, 1.54) is 4.70 Å². The number of amides is 2. The van der Waals surface area contributed by atoms with Crippen LogP contribution in [0.15, 0.2) is 54.9 Å². The number of benzene rings is 1. The summed E-state index contributed by atoms with van der Waals surface area (Å²) >= 11 is 7.79. The van der Waals surface area contributed by atoms with Crippen LogP contribution in [0.1, 0.15) is 0 Å². The smallest absolute Gasteiger partial charge is 0.317 e. The highest BCUT2D eigenvalue weighted by molar-refractivity contribution is 7.22. The molecule has 5 rings (SSSR count). The van der Waals surface area contributed by atoms with Gasteiger partial charge in [-0.25, -0.2) is 19.7 Å². The van der Waals surface area contributed by atoms with Crippen molar-refractivity contribution in [1.29, 1.82) is 0 Å². The average molecular weight is 451 g/mol. The summed E-state index contributed by atoms with van der Waals surface area (Å²) in [7, 11) is 0. The van der Waals surface area contributed by atoms with Crippen LogP contribution in [-0.4, -0.2) is 52.1 Å². The normalized spacial score (nSPS) is 13.6. The van der Waals surface area contributed by atoms with Crippen molar-refractivity contribution >= 4 is 45.0 Å². The van der Waals surface area contributed by atoms with E-state index >= 15 is 0 Å². The maximum atomic E-state index is 11.6. The number of fused-ring (bicyclic) bond motifs is 1. The second-order valence-electron chi connectivity index (χ2n) is 7.11. The molecule has 9 heteroatoms. The molecular weight excluding hydrogens is 432 g/mol. The molecule has 4 aromatic rings. The molecule has 0 spiro atoms. The lowest BCUT2D eigenvalue weighted by Crippen LogP contribution is -2.32. The number of nitrogens with one attached hydrogen (secondary N) is 2. The van der Waals surface area contributed by atoms with E-state index in [-0.39, 0.29) is 6.03 Å². The van der Waals surface area contributed by atoms with E-state index in [1.807, 2.05) is 24.3 Å². The van der Waals surface area contributed by atoms with Crippen molar-refractivity contribution in [3.8, 4) is 21.7 Å². The second kappa shape index (κ2) is 8.49. The third-order valence-electron chi connectivity index (χ3n) is 5.10. The number of anilines is 1. The number of pyridine rings is 1. The van der Waals surface area contributed by atoms with Gasteiger partial charge in [0.15, 0.2) is 0 Å². The molecule has 4 heterocycles. The van der Waals surface area contributed by atoms with Gasteiger partial charge in [0.2, 0.25) is 5.95 Å². The number of carbonyl (C=O) groups is 1. The fraction of sp³-hybridized carbons (Fsp3) is 0.182. The fourth-order valence-electron chi connectivity index (χ4n) is 3.59. The molecule has 1 fully saturated rings. The standard InChI is InChI=1S/C22H19ClN6OS/c23-19-13-14(4-6-24-19)16-3-1-2-15-12-18(31-20(15)16)17-5-7-25-21(28-17)26-8-10-29-11-9-27-22(29)30/h1-7,12-13H,8-11H2,(H,27,30)(H,25,26,28). The molecule has 2 amide bonds. The topological polar surface area (TPSA) is 83.0 Å². The number of thiophene rings is 1. The lowest BCUT2D eigenvalue weighted by Gasteiger charge is -2.14. The molecule has 1 aromatic carbocycles. The molecule has 0 saturated carbocycles. The number of halogens is 1. The average Bonchev–Trinajstić information content (AvgIpc) is 3.40. The molecule has 1 aliphatic rings. The van der Waals surface area contributed by atoms with Crippen molar-refractivity contribution in [2.24, 2.45) is 0 Å². The Morgan fingerprint density at radius 3 is 2.90 bits per heavy atom. The van der Waals surface area contributed by atoms with Gasteiger partial charge in [-0.1, -0.05) is 29.8 Å². The van der Waals surface area contributed by atoms with Gasteiger partial charge in [-0.15, -0.1) is 11.3 Å². The number of hydrogen-bond acceptors (Lipinski definition) is 6. The van der Waals surface area contributed by atoms with Crippen LogP contribution >= 0.6 is 22.9 Å².